The molecule has 8 heteroatoms. The van der Waals surface area contributed by atoms with Crippen molar-refractivity contribution >= 4 is 15.9 Å². The van der Waals surface area contributed by atoms with Gasteiger partial charge in [0.05, 0.1) is 16.5 Å². The van der Waals surface area contributed by atoms with Gasteiger partial charge in [0.15, 0.2) is 0 Å². The predicted molar refractivity (Wildman–Crippen MR) is 101 cm³/mol. The summed E-state index contributed by atoms with van der Waals surface area (Å²) in [6, 6.07) is 8.21. The zero-order valence-electron chi connectivity index (χ0n) is 15.6. The molecule has 2 aliphatic rings. The number of piperazine rings is 1. The minimum absolute atomic E-state index is 0.0213. The molecule has 0 aromatic heterocycles. The van der Waals surface area contributed by atoms with Crippen molar-refractivity contribution in [2.24, 2.45) is 0 Å². The summed E-state index contributed by atoms with van der Waals surface area (Å²) in [6.45, 7) is 3.48. The average Bonchev–Trinajstić information content (AvgIpc) is 3.20. The zero-order chi connectivity index (χ0) is 19.4. The van der Waals surface area contributed by atoms with Crippen LogP contribution in [0.3, 0.4) is 0 Å². The van der Waals surface area contributed by atoms with E-state index in [1.165, 1.54) is 29.3 Å². The summed E-state index contributed by atoms with van der Waals surface area (Å²) >= 11 is 0. The van der Waals surface area contributed by atoms with E-state index in [0.717, 1.165) is 12.8 Å². The van der Waals surface area contributed by atoms with Gasteiger partial charge in [-0.15, -0.1) is 0 Å². The number of hydrogen-bond donors (Lipinski definition) is 1. The van der Waals surface area contributed by atoms with Gasteiger partial charge in [-0.1, -0.05) is 25.0 Å². The van der Waals surface area contributed by atoms with Crippen molar-refractivity contribution in [3.05, 3.63) is 29.8 Å². The SMILES string of the molecule is C[C@@H](C(=O)NC1CCCC1)N1CCN(S(=O)(=O)c2ccccc2C#N)CC1. The Morgan fingerprint density at radius 1 is 1.19 bits per heavy atom. The normalized spacial score (nSPS) is 20.9. The predicted octanol–water partition coefficient (Wildman–Crippen LogP) is 1.31. The fourth-order valence-electron chi connectivity index (χ4n) is 3.81. The number of benzene rings is 1. The minimum atomic E-state index is -3.71. The largest absolute Gasteiger partial charge is 0.352 e. The molecule has 1 amide bonds. The highest BCUT2D eigenvalue weighted by Gasteiger charge is 2.33. The molecule has 0 bridgehead atoms. The number of sulfonamides is 1. The molecule has 1 heterocycles. The van der Waals surface area contributed by atoms with Crippen molar-refractivity contribution < 1.29 is 13.2 Å². The van der Waals surface area contributed by atoms with E-state index < -0.39 is 10.0 Å². The fraction of sp³-hybridized carbons (Fsp3) is 0.579. The monoisotopic (exact) mass is 390 g/mol. The van der Waals surface area contributed by atoms with Crippen molar-refractivity contribution in [1.29, 1.82) is 5.26 Å². The highest BCUT2D eigenvalue weighted by atomic mass is 32.2. The number of hydrogen-bond acceptors (Lipinski definition) is 5. The Labute approximate surface area is 161 Å². The van der Waals surface area contributed by atoms with Gasteiger partial charge in [-0.2, -0.15) is 9.57 Å². The summed E-state index contributed by atoms with van der Waals surface area (Å²) in [6.07, 6.45) is 4.42. The van der Waals surface area contributed by atoms with Crippen LogP contribution in [-0.2, 0) is 14.8 Å². The lowest BCUT2D eigenvalue weighted by Gasteiger charge is -2.37. The third-order valence-corrected chi connectivity index (χ3v) is 7.48. The molecule has 1 aromatic rings. The van der Waals surface area contributed by atoms with Crippen molar-refractivity contribution in [2.75, 3.05) is 26.2 Å². The van der Waals surface area contributed by atoms with E-state index in [0.29, 0.717) is 26.2 Å². The molecule has 2 fully saturated rings. The molecule has 3 rings (SSSR count). The fourth-order valence-corrected chi connectivity index (χ4v) is 5.38. The van der Waals surface area contributed by atoms with Gasteiger partial charge in [0.1, 0.15) is 6.07 Å². The molecule has 1 aliphatic heterocycles. The quantitative estimate of drug-likeness (QED) is 0.818. The van der Waals surface area contributed by atoms with Crippen LogP contribution in [0, 0.1) is 11.3 Å². The lowest BCUT2D eigenvalue weighted by atomic mass is 10.2. The minimum Gasteiger partial charge on any atom is -0.352 e. The van der Waals surface area contributed by atoms with Crippen LogP contribution in [0.15, 0.2) is 29.2 Å². The summed E-state index contributed by atoms with van der Waals surface area (Å²) in [5.41, 5.74) is 0.157. The summed E-state index contributed by atoms with van der Waals surface area (Å²) in [5, 5.41) is 12.3. The van der Waals surface area contributed by atoms with E-state index in [4.69, 9.17) is 0 Å². The number of carbonyl (C=O) groups excluding carboxylic acids is 1. The zero-order valence-corrected chi connectivity index (χ0v) is 16.4. The summed E-state index contributed by atoms with van der Waals surface area (Å²) < 4.78 is 27.2. The van der Waals surface area contributed by atoms with E-state index >= 15 is 0 Å². The van der Waals surface area contributed by atoms with Crippen LogP contribution in [0.4, 0.5) is 0 Å². The molecule has 0 unspecified atom stereocenters. The standard InChI is InChI=1S/C19H26N4O3S/c1-15(19(24)21-17-7-3-4-8-17)22-10-12-23(13-11-22)27(25,26)18-9-5-2-6-16(18)14-20/h2,5-6,9,15,17H,3-4,7-8,10-13H2,1H3,(H,21,24)/t15-/m0/s1. The third kappa shape index (κ3) is 4.32. The molecule has 7 nitrogen and oxygen atoms in total. The number of rotatable bonds is 5. The number of amides is 1. The van der Waals surface area contributed by atoms with E-state index in [1.807, 2.05) is 17.9 Å². The molecule has 1 aromatic carbocycles. The molecular weight excluding hydrogens is 364 g/mol. The van der Waals surface area contributed by atoms with Gasteiger partial charge < -0.3 is 5.32 Å². The molecule has 1 saturated heterocycles. The van der Waals surface area contributed by atoms with E-state index in [9.17, 15) is 18.5 Å². The maximum atomic E-state index is 12.9. The van der Waals surface area contributed by atoms with Crippen LogP contribution in [0.5, 0.6) is 0 Å². The first-order chi connectivity index (χ1) is 12.9. The third-order valence-electron chi connectivity index (χ3n) is 5.53. The number of nitrogens with one attached hydrogen (secondary N) is 1. The first-order valence-corrected chi connectivity index (χ1v) is 10.9. The Bertz CT molecular complexity index is 820. The molecule has 0 spiro atoms. The Morgan fingerprint density at radius 2 is 1.81 bits per heavy atom. The van der Waals surface area contributed by atoms with Crippen LogP contribution in [-0.4, -0.2) is 61.8 Å². The van der Waals surface area contributed by atoms with Crippen LogP contribution >= 0.6 is 0 Å². The van der Waals surface area contributed by atoms with Gasteiger partial charge in [-0.3, -0.25) is 9.69 Å². The first-order valence-electron chi connectivity index (χ1n) is 9.47. The second kappa shape index (κ2) is 8.38. The van der Waals surface area contributed by atoms with Gasteiger partial charge in [0.25, 0.3) is 0 Å². The number of carbonyl (C=O) groups is 1. The Hall–Kier alpha value is -1.95. The van der Waals surface area contributed by atoms with E-state index in [2.05, 4.69) is 5.32 Å². The highest BCUT2D eigenvalue weighted by molar-refractivity contribution is 7.89. The number of nitriles is 1. The summed E-state index contributed by atoms with van der Waals surface area (Å²) in [7, 11) is -3.71. The van der Waals surface area contributed by atoms with Gasteiger partial charge in [-0.25, -0.2) is 8.42 Å². The second-order valence-electron chi connectivity index (χ2n) is 7.21. The maximum Gasteiger partial charge on any atom is 0.244 e. The van der Waals surface area contributed by atoms with Crippen LogP contribution < -0.4 is 5.32 Å². The maximum absolute atomic E-state index is 12.9. The van der Waals surface area contributed by atoms with Gasteiger partial charge in [-0.05, 0) is 31.9 Å². The molecule has 1 N–H and O–H groups in total. The van der Waals surface area contributed by atoms with Crippen LogP contribution in [0.1, 0.15) is 38.2 Å². The van der Waals surface area contributed by atoms with Crippen LogP contribution in [0.2, 0.25) is 0 Å². The van der Waals surface area contributed by atoms with Crippen molar-refractivity contribution in [3.63, 3.8) is 0 Å². The van der Waals surface area contributed by atoms with E-state index in [-0.39, 0.29) is 28.4 Å². The van der Waals surface area contributed by atoms with E-state index in [1.54, 1.807) is 12.1 Å². The lowest BCUT2D eigenvalue weighted by Crippen LogP contribution is -2.55. The topological polar surface area (TPSA) is 93.5 Å². The van der Waals surface area contributed by atoms with Gasteiger partial charge in [0, 0.05) is 32.2 Å². The number of nitrogens with zero attached hydrogens (tertiary/aromatic N) is 3. The van der Waals surface area contributed by atoms with Gasteiger partial charge in [0.2, 0.25) is 15.9 Å². The molecule has 146 valence electrons. The van der Waals surface area contributed by atoms with Crippen molar-refractivity contribution in [2.45, 2.75) is 49.6 Å². The second-order valence-corrected chi connectivity index (χ2v) is 9.12. The average molecular weight is 391 g/mol. The lowest BCUT2D eigenvalue weighted by molar-refractivity contribution is -0.127. The molecule has 1 saturated carbocycles. The van der Waals surface area contributed by atoms with Gasteiger partial charge >= 0.3 is 0 Å². The Kier molecular flexibility index (Phi) is 6.15. The highest BCUT2D eigenvalue weighted by Crippen LogP contribution is 2.22. The molecular formula is C19H26N4O3S. The molecule has 1 aliphatic carbocycles. The van der Waals surface area contributed by atoms with Crippen LogP contribution in [0.25, 0.3) is 0 Å². The Balaban J connectivity index is 1.61. The van der Waals surface area contributed by atoms with Crippen molar-refractivity contribution in [3.8, 4) is 6.07 Å². The Morgan fingerprint density at radius 3 is 2.44 bits per heavy atom. The summed E-state index contributed by atoms with van der Waals surface area (Å²) in [5.74, 6) is 0.0213. The smallest absolute Gasteiger partial charge is 0.244 e. The molecule has 1 atom stereocenters. The molecule has 0 radical (unpaired) electrons. The summed E-state index contributed by atoms with van der Waals surface area (Å²) in [4.78, 5) is 14.5. The first kappa shape index (κ1) is 19.8. The van der Waals surface area contributed by atoms with Crippen molar-refractivity contribution in [1.82, 2.24) is 14.5 Å². The molecule has 27 heavy (non-hydrogen) atoms.